The highest BCUT2D eigenvalue weighted by atomic mass is 32.1. The van der Waals surface area contributed by atoms with Gasteiger partial charge in [0.15, 0.2) is 0 Å². The number of hydrogen-bond donors (Lipinski definition) is 2. The number of fused-ring (bicyclic) bond motifs is 2. The van der Waals surface area contributed by atoms with Crippen molar-refractivity contribution in [2.45, 2.75) is 6.92 Å². The van der Waals surface area contributed by atoms with E-state index >= 15 is 0 Å². The zero-order valence-corrected chi connectivity index (χ0v) is 16.3. The molecule has 1 aromatic heterocycles. The second-order valence-corrected chi connectivity index (χ2v) is 7.75. The highest BCUT2D eigenvalue weighted by Gasteiger charge is 2.25. The second-order valence-electron chi connectivity index (χ2n) is 6.50. The SMILES string of the molecule is Cc1cc2c(s1)Nc1ccccc1N=C2N1CCN(C)CC1.O=C([O-])CO. The van der Waals surface area contributed by atoms with Gasteiger partial charge in [-0.15, -0.1) is 11.3 Å². The number of nitrogens with zero attached hydrogens (tertiary/aromatic N) is 3. The van der Waals surface area contributed by atoms with Gasteiger partial charge in [-0.3, -0.25) is 0 Å². The average molecular weight is 387 g/mol. The lowest BCUT2D eigenvalue weighted by atomic mass is 10.2. The highest BCUT2D eigenvalue weighted by Crippen LogP contribution is 2.39. The van der Waals surface area contributed by atoms with Gasteiger partial charge in [0.25, 0.3) is 0 Å². The fraction of sp³-hybridized carbons (Fsp3) is 0.368. The number of aliphatic carboxylic acids is 1. The normalized spacial score (nSPS) is 16.1. The van der Waals surface area contributed by atoms with E-state index in [1.807, 2.05) is 0 Å². The van der Waals surface area contributed by atoms with Crippen LogP contribution in [-0.4, -0.2) is 66.5 Å². The first-order chi connectivity index (χ1) is 13.0. The Morgan fingerprint density at radius 3 is 2.63 bits per heavy atom. The maximum Gasteiger partial charge on any atom is 0.139 e. The summed E-state index contributed by atoms with van der Waals surface area (Å²) in [4.78, 5) is 20.1. The number of anilines is 2. The maximum absolute atomic E-state index is 9.01. The van der Waals surface area contributed by atoms with Crippen LogP contribution in [0.2, 0.25) is 0 Å². The van der Waals surface area contributed by atoms with E-state index in [9.17, 15) is 0 Å². The molecular weight excluding hydrogens is 364 g/mol. The van der Waals surface area contributed by atoms with Gasteiger partial charge in [-0.2, -0.15) is 0 Å². The van der Waals surface area contributed by atoms with Crippen LogP contribution in [0.3, 0.4) is 0 Å². The minimum atomic E-state index is -1.44. The third kappa shape index (κ3) is 4.65. The van der Waals surface area contributed by atoms with Crippen molar-refractivity contribution in [3.63, 3.8) is 0 Å². The van der Waals surface area contributed by atoms with Gasteiger partial charge in [-0.1, -0.05) is 12.1 Å². The van der Waals surface area contributed by atoms with Crippen LogP contribution >= 0.6 is 11.3 Å². The molecule has 7 nitrogen and oxygen atoms in total. The molecule has 2 aromatic rings. The lowest BCUT2D eigenvalue weighted by molar-refractivity contribution is -0.308. The molecule has 0 spiro atoms. The van der Waals surface area contributed by atoms with Crippen molar-refractivity contribution in [2.75, 3.05) is 45.2 Å². The number of thiophene rings is 1. The van der Waals surface area contributed by atoms with Crippen LogP contribution in [0.25, 0.3) is 0 Å². The number of carbonyl (C=O) groups excluding carboxylic acids is 1. The second kappa shape index (κ2) is 8.51. The van der Waals surface area contributed by atoms with E-state index in [0.717, 1.165) is 43.4 Å². The Morgan fingerprint density at radius 1 is 1.30 bits per heavy atom. The molecule has 0 bridgehead atoms. The first kappa shape index (κ1) is 19.3. The molecule has 144 valence electrons. The lowest BCUT2D eigenvalue weighted by Crippen LogP contribution is -2.47. The number of aliphatic imine (C=N–C) groups is 1. The molecule has 8 heteroatoms. The van der Waals surface area contributed by atoms with Crippen molar-refractivity contribution in [1.29, 1.82) is 0 Å². The molecule has 0 atom stereocenters. The molecule has 2 aliphatic heterocycles. The van der Waals surface area contributed by atoms with Crippen LogP contribution in [0, 0.1) is 6.92 Å². The van der Waals surface area contributed by atoms with Gasteiger partial charge < -0.3 is 30.1 Å². The number of piperazine rings is 1. The number of aryl methyl sites for hydroxylation is 1. The van der Waals surface area contributed by atoms with Crippen molar-refractivity contribution in [3.05, 3.63) is 40.8 Å². The first-order valence-electron chi connectivity index (χ1n) is 8.77. The van der Waals surface area contributed by atoms with E-state index in [1.165, 1.54) is 15.4 Å². The fourth-order valence-corrected chi connectivity index (χ4v) is 3.93. The van der Waals surface area contributed by atoms with E-state index < -0.39 is 12.6 Å². The maximum atomic E-state index is 9.01. The van der Waals surface area contributed by atoms with E-state index in [2.05, 4.69) is 59.4 Å². The third-order valence-corrected chi connectivity index (χ3v) is 5.37. The van der Waals surface area contributed by atoms with Gasteiger partial charge >= 0.3 is 0 Å². The van der Waals surface area contributed by atoms with Gasteiger partial charge in [0.2, 0.25) is 0 Å². The number of carbonyl (C=O) groups is 1. The summed E-state index contributed by atoms with van der Waals surface area (Å²) in [5, 5.41) is 21.3. The Bertz CT molecular complexity index is 841. The molecule has 4 rings (SSSR count). The van der Waals surface area contributed by atoms with Crippen molar-refractivity contribution in [2.24, 2.45) is 4.99 Å². The number of hydrogen-bond acceptors (Lipinski definition) is 8. The lowest BCUT2D eigenvalue weighted by Gasteiger charge is -2.34. The fourth-order valence-electron chi connectivity index (χ4n) is 3.01. The summed E-state index contributed by atoms with van der Waals surface area (Å²) in [6.07, 6.45) is 0. The minimum absolute atomic E-state index is 0.889. The summed E-state index contributed by atoms with van der Waals surface area (Å²) in [5.74, 6) is -0.324. The van der Waals surface area contributed by atoms with Crippen LogP contribution in [0.1, 0.15) is 10.4 Å². The summed E-state index contributed by atoms with van der Waals surface area (Å²) >= 11 is 1.81. The minimum Gasteiger partial charge on any atom is -0.548 e. The molecule has 1 aromatic carbocycles. The Hall–Kier alpha value is -2.42. The number of likely N-dealkylation sites (N-methyl/N-ethyl adjacent to an activating group) is 1. The van der Waals surface area contributed by atoms with E-state index in [4.69, 9.17) is 20.0 Å². The molecule has 2 N–H and O–H groups in total. The molecule has 1 fully saturated rings. The van der Waals surface area contributed by atoms with Gasteiger partial charge in [0, 0.05) is 31.1 Å². The van der Waals surface area contributed by atoms with Gasteiger partial charge in [-0.05, 0) is 32.2 Å². The number of aliphatic hydroxyl groups excluding tert-OH is 1. The van der Waals surface area contributed by atoms with E-state index in [-0.39, 0.29) is 0 Å². The highest BCUT2D eigenvalue weighted by molar-refractivity contribution is 7.16. The number of nitrogens with one attached hydrogen (secondary N) is 1. The van der Waals surface area contributed by atoms with Crippen molar-refractivity contribution < 1.29 is 15.0 Å². The van der Waals surface area contributed by atoms with Crippen LogP contribution in [0.5, 0.6) is 0 Å². The van der Waals surface area contributed by atoms with Crippen molar-refractivity contribution in [1.82, 2.24) is 9.80 Å². The Kier molecular flexibility index (Phi) is 6.10. The number of rotatable bonds is 1. The largest absolute Gasteiger partial charge is 0.548 e. The summed E-state index contributed by atoms with van der Waals surface area (Å²) in [6, 6.07) is 10.6. The summed E-state index contributed by atoms with van der Waals surface area (Å²) in [7, 11) is 2.18. The van der Waals surface area contributed by atoms with Crippen LogP contribution in [0.15, 0.2) is 35.3 Å². The zero-order chi connectivity index (χ0) is 19.4. The van der Waals surface area contributed by atoms with E-state index in [0.29, 0.717) is 0 Å². The molecule has 3 heterocycles. The van der Waals surface area contributed by atoms with E-state index in [1.54, 1.807) is 11.3 Å². The molecular formula is C19H23N4O3S-. The molecule has 0 aliphatic carbocycles. The quantitative estimate of drug-likeness (QED) is 0.763. The molecule has 0 unspecified atom stereocenters. The van der Waals surface area contributed by atoms with Crippen LogP contribution in [0.4, 0.5) is 16.4 Å². The van der Waals surface area contributed by atoms with Gasteiger partial charge in [0.05, 0.1) is 29.5 Å². The number of aliphatic hydroxyl groups is 1. The topological polar surface area (TPSA) is 91.2 Å². The monoisotopic (exact) mass is 387 g/mol. The molecule has 2 aliphatic rings. The number of amidine groups is 1. The molecule has 0 radical (unpaired) electrons. The van der Waals surface area contributed by atoms with Crippen LogP contribution in [-0.2, 0) is 4.79 Å². The Labute approximate surface area is 162 Å². The molecule has 0 saturated carbocycles. The third-order valence-electron chi connectivity index (χ3n) is 4.41. The predicted molar refractivity (Wildman–Crippen MR) is 106 cm³/mol. The number of carboxylic acid groups (broad SMARTS) is 1. The molecule has 0 amide bonds. The molecule has 27 heavy (non-hydrogen) atoms. The number of carboxylic acids is 1. The summed E-state index contributed by atoms with van der Waals surface area (Å²) < 4.78 is 0. The Morgan fingerprint density at radius 2 is 1.96 bits per heavy atom. The van der Waals surface area contributed by atoms with Gasteiger partial charge in [0.1, 0.15) is 10.8 Å². The smallest absolute Gasteiger partial charge is 0.139 e. The van der Waals surface area contributed by atoms with Crippen LogP contribution < -0.4 is 10.4 Å². The predicted octanol–water partition coefficient (Wildman–Crippen LogP) is 1.17. The molecule has 1 saturated heterocycles. The Balaban J connectivity index is 0.000000376. The summed E-state index contributed by atoms with van der Waals surface area (Å²) in [6.45, 7) is 5.52. The number of benzene rings is 1. The number of para-hydroxylation sites is 2. The van der Waals surface area contributed by atoms with Crippen molar-refractivity contribution in [3.8, 4) is 0 Å². The average Bonchev–Trinajstić information content (AvgIpc) is 2.95. The first-order valence-corrected chi connectivity index (χ1v) is 9.59. The zero-order valence-electron chi connectivity index (χ0n) is 15.4. The summed E-state index contributed by atoms with van der Waals surface area (Å²) in [5.41, 5.74) is 3.36. The standard InChI is InChI=1S/C17H20N4S.C2H4O3/c1-12-11-13-16(21-9-7-20(2)8-10-21)18-14-5-3-4-6-15(14)19-17(13)22-12;3-1-2(4)5/h3-6,11,19H,7-10H2,1-2H3;3H,1H2,(H,4,5)/p-1. The van der Waals surface area contributed by atoms with Gasteiger partial charge in [-0.25, -0.2) is 4.99 Å². The van der Waals surface area contributed by atoms with Crippen molar-refractivity contribution >= 4 is 39.5 Å².